The van der Waals surface area contributed by atoms with Crippen molar-refractivity contribution in [2.24, 2.45) is 0 Å². The van der Waals surface area contributed by atoms with Crippen LogP contribution in [0.25, 0.3) is 0 Å². The van der Waals surface area contributed by atoms with Crippen LogP contribution >= 0.6 is 0 Å². The van der Waals surface area contributed by atoms with Crippen LogP contribution in [-0.2, 0) is 11.2 Å². The lowest BCUT2D eigenvalue weighted by atomic mass is 9.87. The number of hydrogen-bond donors (Lipinski definition) is 2. The van der Waals surface area contributed by atoms with Gasteiger partial charge in [0.2, 0.25) is 0 Å². The van der Waals surface area contributed by atoms with E-state index in [9.17, 15) is 4.79 Å². The number of nitrogens with one attached hydrogen (secondary N) is 1. The van der Waals surface area contributed by atoms with Crippen LogP contribution in [0.5, 0.6) is 5.75 Å². The van der Waals surface area contributed by atoms with Crippen molar-refractivity contribution in [1.82, 2.24) is 5.32 Å². The standard InChI is InChI=1S/C20H24N2O2/c1-13-6-9-19(14(2)10-13)24-12-20(23)22-18-5-3-4-15-11-16(21)7-8-17(15)18/h6-11,18H,3-5,12,21H2,1-2H3,(H,22,23). The summed E-state index contributed by atoms with van der Waals surface area (Å²) in [5.41, 5.74) is 11.3. The fourth-order valence-corrected chi connectivity index (χ4v) is 3.32. The summed E-state index contributed by atoms with van der Waals surface area (Å²) in [6.07, 6.45) is 3.03. The summed E-state index contributed by atoms with van der Waals surface area (Å²) in [6.45, 7) is 4.06. The van der Waals surface area contributed by atoms with Crippen molar-refractivity contribution >= 4 is 11.6 Å². The topological polar surface area (TPSA) is 64.3 Å². The van der Waals surface area contributed by atoms with Crippen LogP contribution in [0.1, 0.15) is 41.1 Å². The van der Waals surface area contributed by atoms with Gasteiger partial charge in [-0.25, -0.2) is 0 Å². The quantitative estimate of drug-likeness (QED) is 0.847. The third-order valence-corrected chi connectivity index (χ3v) is 4.51. The molecule has 0 radical (unpaired) electrons. The van der Waals surface area contributed by atoms with Crippen molar-refractivity contribution in [3.05, 3.63) is 58.7 Å². The average Bonchev–Trinajstić information content (AvgIpc) is 2.54. The van der Waals surface area contributed by atoms with E-state index in [0.29, 0.717) is 0 Å². The monoisotopic (exact) mass is 324 g/mol. The third-order valence-electron chi connectivity index (χ3n) is 4.51. The number of fused-ring (bicyclic) bond motifs is 1. The maximum atomic E-state index is 12.3. The fourth-order valence-electron chi connectivity index (χ4n) is 3.32. The molecule has 0 bridgehead atoms. The summed E-state index contributed by atoms with van der Waals surface area (Å²) in [4.78, 5) is 12.3. The van der Waals surface area contributed by atoms with E-state index in [0.717, 1.165) is 36.3 Å². The molecule has 1 amide bonds. The van der Waals surface area contributed by atoms with Gasteiger partial charge in [0, 0.05) is 5.69 Å². The van der Waals surface area contributed by atoms with Crippen LogP contribution in [0.4, 0.5) is 5.69 Å². The summed E-state index contributed by atoms with van der Waals surface area (Å²) < 4.78 is 5.67. The molecule has 4 nitrogen and oxygen atoms in total. The number of hydrogen-bond acceptors (Lipinski definition) is 3. The van der Waals surface area contributed by atoms with Gasteiger partial charge in [-0.1, -0.05) is 23.8 Å². The summed E-state index contributed by atoms with van der Waals surface area (Å²) in [6, 6.07) is 11.9. The number of benzene rings is 2. The molecule has 0 aliphatic heterocycles. The minimum absolute atomic E-state index is 0.0324. The molecule has 1 aliphatic rings. The van der Waals surface area contributed by atoms with Crippen molar-refractivity contribution in [3.8, 4) is 5.75 Å². The molecule has 24 heavy (non-hydrogen) atoms. The first-order valence-electron chi connectivity index (χ1n) is 8.40. The molecule has 126 valence electrons. The van der Waals surface area contributed by atoms with Crippen LogP contribution in [0.3, 0.4) is 0 Å². The molecule has 0 aromatic heterocycles. The second kappa shape index (κ2) is 6.95. The smallest absolute Gasteiger partial charge is 0.258 e. The molecule has 1 unspecified atom stereocenters. The van der Waals surface area contributed by atoms with Gasteiger partial charge in [0.1, 0.15) is 5.75 Å². The predicted molar refractivity (Wildman–Crippen MR) is 96.1 cm³/mol. The zero-order chi connectivity index (χ0) is 17.1. The summed E-state index contributed by atoms with van der Waals surface area (Å²) in [5, 5.41) is 3.09. The van der Waals surface area contributed by atoms with Gasteiger partial charge in [-0.05, 0) is 68.0 Å². The van der Waals surface area contributed by atoms with Gasteiger partial charge >= 0.3 is 0 Å². The van der Waals surface area contributed by atoms with Crippen molar-refractivity contribution in [3.63, 3.8) is 0 Å². The van der Waals surface area contributed by atoms with E-state index in [2.05, 4.69) is 11.4 Å². The van der Waals surface area contributed by atoms with Crippen molar-refractivity contribution in [2.45, 2.75) is 39.2 Å². The summed E-state index contributed by atoms with van der Waals surface area (Å²) in [5.74, 6) is 0.664. The maximum Gasteiger partial charge on any atom is 0.258 e. The summed E-state index contributed by atoms with van der Waals surface area (Å²) >= 11 is 0. The predicted octanol–water partition coefficient (Wildman–Crippen LogP) is 3.46. The number of carbonyl (C=O) groups is 1. The van der Waals surface area contributed by atoms with Crippen molar-refractivity contribution < 1.29 is 9.53 Å². The van der Waals surface area contributed by atoms with Crippen LogP contribution in [0.2, 0.25) is 0 Å². The molecule has 0 saturated heterocycles. The van der Waals surface area contributed by atoms with E-state index in [1.807, 2.05) is 44.2 Å². The highest BCUT2D eigenvalue weighted by atomic mass is 16.5. The largest absolute Gasteiger partial charge is 0.484 e. The average molecular weight is 324 g/mol. The highest BCUT2D eigenvalue weighted by Gasteiger charge is 2.22. The van der Waals surface area contributed by atoms with E-state index >= 15 is 0 Å². The molecule has 0 heterocycles. The Bertz CT molecular complexity index is 755. The molecule has 0 spiro atoms. The Morgan fingerprint density at radius 1 is 1.25 bits per heavy atom. The molecule has 2 aromatic carbocycles. The van der Waals surface area contributed by atoms with Gasteiger partial charge in [-0.2, -0.15) is 0 Å². The van der Waals surface area contributed by atoms with E-state index in [1.165, 1.54) is 16.7 Å². The minimum atomic E-state index is -0.0929. The van der Waals surface area contributed by atoms with Crippen LogP contribution in [0, 0.1) is 13.8 Å². The number of ether oxygens (including phenoxy) is 1. The first kappa shape index (κ1) is 16.4. The maximum absolute atomic E-state index is 12.3. The molecule has 1 atom stereocenters. The van der Waals surface area contributed by atoms with Crippen molar-refractivity contribution in [2.75, 3.05) is 12.3 Å². The Morgan fingerprint density at radius 3 is 2.88 bits per heavy atom. The highest BCUT2D eigenvalue weighted by molar-refractivity contribution is 5.78. The zero-order valence-corrected chi connectivity index (χ0v) is 14.3. The lowest BCUT2D eigenvalue weighted by molar-refractivity contribution is -0.124. The zero-order valence-electron chi connectivity index (χ0n) is 14.3. The SMILES string of the molecule is Cc1ccc(OCC(=O)NC2CCCc3cc(N)ccc32)c(C)c1. The van der Waals surface area contributed by atoms with E-state index in [-0.39, 0.29) is 18.6 Å². The Labute approximate surface area is 143 Å². The number of amides is 1. The molecule has 4 heteroatoms. The molecular formula is C20H24N2O2. The number of carbonyl (C=O) groups excluding carboxylic acids is 1. The second-order valence-corrected chi connectivity index (χ2v) is 6.53. The Morgan fingerprint density at radius 2 is 2.08 bits per heavy atom. The fraction of sp³-hybridized carbons (Fsp3) is 0.350. The Hall–Kier alpha value is -2.49. The lowest BCUT2D eigenvalue weighted by Crippen LogP contribution is -2.34. The molecule has 2 aromatic rings. The van der Waals surface area contributed by atoms with Gasteiger partial charge in [0.25, 0.3) is 5.91 Å². The van der Waals surface area contributed by atoms with E-state index in [1.54, 1.807) is 0 Å². The number of rotatable bonds is 4. The van der Waals surface area contributed by atoms with Gasteiger partial charge in [-0.15, -0.1) is 0 Å². The highest BCUT2D eigenvalue weighted by Crippen LogP contribution is 2.31. The Kier molecular flexibility index (Phi) is 4.74. The van der Waals surface area contributed by atoms with Gasteiger partial charge in [-0.3, -0.25) is 4.79 Å². The molecule has 3 N–H and O–H groups in total. The molecule has 1 aliphatic carbocycles. The van der Waals surface area contributed by atoms with Gasteiger partial charge < -0.3 is 15.8 Å². The number of nitrogens with two attached hydrogens (primary N) is 1. The molecule has 0 saturated carbocycles. The first-order chi connectivity index (χ1) is 11.5. The number of anilines is 1. The van der Waals surface area contributed by atoms with E-state index < -0.39 is 0 Å². The second-order valence-electron chi connectivity index (χ2n) is 6.53. The molecule has 0 fully saturated rings. The Balaban J connectivity index is 1.62. The van der Waals surface area contributed by atoms with Crippen LogP contribution in [-0.4, -0.2) is 12.5 Å². The molecule has 3 rings (SSSR count). The first-order valence-corrected chi connectivity index (χ1v) is 8.40. The van der Waals surface area contributed by atoms with Gasteiger partial charge in [0.05, 0.1) is 6.04 Å². The third kappa shape index (κ3) is 3.70. The van der Waals surface area contributed by atoms with Crippen LogP contribution < -0.4 is 15.8 Å². The number of nitrogen functional groups attached to an aromatic ring is 1. The normalized spacial score (nSPS) is 16.3. The van der Waals surface area contributed by atoms with E-state index in [4.69, 9.17) is 10.5 Å². The summed E-state index contributed by atoms with van der Waals surface area (Å²) in [7, 11) is 0. The van der Waals surface area contributed by atoms with Crippen molar-refractivity contribution in [1.29, 1.82) is 0 Å². The lowest BCUT2D eigenvalue weighted by Gasteiger charge is -2.26. The number of aryl methyl sites for hydroxylation is 3. The minimum Gasteiger partial charge on any atom is -0.484 e. The molecular weight excluding hydrogens is 300 g/mol. The van der Waals surface area contributed by atoms with Gasteiger partial charge in [0.15, 0.2) is 6.61 Å². The van der Waals surface area contributed by atoms with Crippen LogP contribution in [0.15, 0.2) is 36.4 Å².